The molecule has 0 amide bonds. The Kier molecular flexibility index (Phi) is 4.11. The number of benzene rings is 1. The van der Waals surface area contributed by atoms with Crippen LogP contribution >= 0.6 is 0 Å². The smallest absolute Gasteiger partial charge is 0.134 e. The largest absolute Gasteiger partial charge is 0.376 e. The van der Waals surface area contributed by atoms with Gasteiger partial charge < -0.3 is 15.0 Å². The highest BCUT2D eigenvalue weighted by molar-refractivity contribution is 5.50. The fraction of sp³-hybridized carbons (Fsp3) is 0.444. The zero-order chi connectivity index (χ0) is 15.5. The van der Waals surface area contributed by atoms with Crippen molar-refractivity contribution in [3.63, 3.8) is 0 Å². The number of ether oxygens (including phenoxy) is 1. The monoisotopic (exact) mass is 310 g/mol. The molecule has 0 spiro atoms. The van der Waals surface area contributed by atoms with Crippen LogP contribution in [0.15, 0.2) is 36.7 Å². The predicted octanol–water partition coefficient (Wildman–Crippen LogP) is 2.63. The van der Waals surface area contributed by atoms with Crippen LogP contribution in [0.3, 0.4) is 0 Å². The number of hydrogen-bond acceptors (Lipinski definition) is 5. The molecule has 0 radical (unpaired) electrons. The van der Waals surface area contributed by atoms with Crippen molar-refractivity contribution in [3.05, 3.63) is 47.8 Å². The lowest BCUT2D eigenvalue weighted by atomic mass is 10.00. The van der Waals surface area contributed by atoms with Crippen molar-refractivity contribution < 1.29 is 4.74 Å². The van der Waals surface area contributed by atoms with E-state index in [0.29, 0.717) is 6.10 Å². The summed E-state index contributed by atoms with van der Waals surface area (Å²) in [6.07, 6.45) is 5.32. The van der Waals surface area contributed by atoms with E-state index in [4.69, 9.17) is 4.74 Å². The fourth-order valence-corrected chi connectivity index (χ4v) is 3.33. The first kappa shape index (κ1) is 14.5. The van der Waals surface area contributed by atoms with E-state index in [2.05, 4.69) is 44.5 Å². The highest BCUT2D eigenvalue weighted by atomic mass is 16.5. The average molecular weight is 310 g/mol. The molecule has 23 heavy (non-hydrogen) atoms. The minimum Gasteiger partial charge on any atom is -0.376 e. The Labute approximate surface area is 136 Å². The fourth-order valence-electron chi connectivity index (χ4n) is 3.33. The average Bonchev–Trinajstić information content (AvgIpc) is 3.13. The number of nitrogens with zero attached hydrogens (tertiary/aromatic N) is 3. The van der Waals surface area contributed by atoms with Gasteiger partial charge in [0.25, 0.3) is 0 Å². The lowest BCUT2D eigenvalue weighted by molar-refractivity contribution is 0.120. The zero-order valence-electron chi connectivity index (χ0n) is 13.2. The normalized spacial score (nSPS) is 20.3. The minimum absolute atomic E-state index is 0.315. The van der Waals surface area contributed by atoms with Crippen LogP contribution in [0.5, 0.6) is 0 Å². The second-order valence-electron chi connectivity index (χ2n) is 6.22. The van der Waals surface area contributed by atoms with Gasteiger partial charge in [-0.2, -0.15) is 0 Å². The third-order valence-corrected chi connectivity index (χ3v) is 4.64. The third kappa shape index (κ3) is 3.29. The van der Waals surface area contributed by atoms with E-state index in [-0.39, 0.29) is 0 Å². The Morgan fingerprint density at radius 2 is 2.13 bits per heavy atom. The molecule has 3 heterocycles. The molecule has 0 aliphatic carbocycles. The Balaban J connectivity index is 1.44. The summed E-state index contributed by atoms with van der Waals surface area (Å²) in [4.78, 5) is 11.1. The van der Waals surface area contributed by atoms with Gasteiger partial charge in [0.2, 0.25) is 0 Å². The standard InChI is InChI=1S/C18H22N4O/c1-2-5-15-12-22(8-7-14(15)4-1)18-10-17(20-13-21-18)19-11-16-6-3-9-23-16/h1-2,4-5,10,13,16H,3,6-9,11-12H2,(H,19,20,21). The van der Waals surface area contributed by atoms with E-state index in [1.807, 2.05) is 6.07 Å². The van der Waals surface area contributed by atoms with Crippen LogP contribution in [0.1, 0.15) is 24.0 Å². The first-order valence-electron chi connectivity index (χ1n) is 8.38. The Hall–Kier alpha value is -2.14. The van der Waals surface area contributed by atoms with Crippen LogP contribution in [0, 0.1) is 0 Å². The Morgan fingerprint density at radius 3 is 3.00 bits per heavy atom. The van der Waals surface area contributed by atoms with Gasteiger partial charge in [-0.25, -0.2) is 9.97 Å². The van der Waals surface area contributed by atoms with Crippen molar-refractivity contribution in [2.45, 2.75) is 31.9 Å². The van der Waals surface area contributed by atoms with Gasteiger partial charge in [-0.1, -0.05) is 24.3 Å². The van der Waals surface area contributed by atoms with E-state index in [1.165, 1.54) is 11.1 Å². The van der Waals surface area contributed by atoms with Crippen molar-refractivity contribution >= 4 is 11.6 Å². The van der Waals surface area contributed by atoms with Gasteiger partial charge >= 0.3 is 0 Å². The van der Waals surface area contributed by atoms with Crippen LogP contribution in [-0.4, -0.2) is 35.8 Å². The molecule has 1 unspecified atom stereocenters. The maximum Gasteiger partial charge on any atom is 0.134 e. The molecule has 1 fully saturated rings. The summed E-state index contributed by atoms with van der Waals surface area (Å²) < 4.78 is 5.64. The van der Waals surface area contributed by atoms with Gasteiger partial charge in [0.05, 0.1) is 6.10 Å². The van der Waals surface area contributed by atoms with E-state index in [1.54, 1.807) is 6.33 Å². The molecule has 0 saturated carbocycles. The molecule has 5 heteroatoms. The zero-order valence-corrected chi connectivity index (χ0v) is 13.2. The summed E-state index contributed by atoms with van der Waals surface area (Å²) in [5.41, 5.74) is 2.85. The van der Waals surface area contributed by atoms with E-state index >= 15 is 0 Å². The quantitative estimate of drug-likeness (QED) is 0.941. The van der Waals surface area contributed by atoms with Crippen LogP contribution < -0.4 is 10.2 Å². The van der Waals surface area contributed by atoms with Crippen molar-refractivity contribution in [2.24, 2.45) is 0 Å². The summed E-state index contributed by atoms with van der Waals surface area (Å²) in [5.74, 6) is 1.87. The third-order valence-electron chi connectivity index (χ3n) is 4.64. The SMILES string of the molecule is c1ccc2c(c1)CCN(c1cc(NCC3CCCO3)ncn1)C2. The van der Waals surface area contributed by atoms with Crippen molar-refractivity contribution in [1.82, 2.24) is 9.97 Å². The molecule has 1 aromatic carbocycles. The summed E-state index contributed by atoms with van der Waals surface area (Å²) in [6.45, 7) is 3.62. The predicted molar refractivity (Wildman–Crippen MR) is 90.7 cm³/mol. The lowest BCUT2D eigenvalue weighted by Crippen LogP contribution is -2.31. The number of anilines is 2. The molecule has 0 bridgehead atoms. The van der Waals surface area contributed by atoms with Crippen LogP contribution in [-0.2, 0) is 17.7 Å². The molecular formula is C18H22N4O. The maximum atomic E-state index is 5.64. The van der Waals surface area contributed by atoms with Gasteiger partial charge in [-0.15, -0.1) is 0 Å². The lowest BCUT2D eigenvalue weighted by Gasteiger charge is -2.29. The topological polar surface area (TPSA) is 50.3 Å². The molecule has 2 aromatic rings. The van der Waals surface area contributed by atoms with Crippen molar-refractivity contribution in [2.75, 3.05) is 29.9 Å². The summed E-state index contributed by atoms with van der Waals surface area (Å²) in [6, 6.07) is 10.7. The number of aromatic nitrogens is 2. The number of nitrogens with one attached hydrogen (secondary N) is 1. The first-order valence-corrected chi connectivity index (χ1v) is 8.38. The van der Waals surface area contributed by atoms with Crippen LogP contribution in [0.4, 0.5) is 11.6 Å². The highest BCUT2D eigenvalue weighted by Crippen LogP contribution is 2.24. The summed E-state index contributed by atoms with van der Waals surface area (Å²) in [5, 5.41) is 3.38. The van der Waals surface area contributed by atoms with E-state index < -0.39 is 0 Å². The van der Waals surface area contributed by atoms with Gasteiger partial charge in [-0.05, 0) is 30.4 Å². The Bertz CT molecular complexity index is 670. The molecule has 5 nitrogen and oxygen atoms in total. The van der Waals surface area contributed by atoms with E-state index in [9.17, 15) is 0 Å². The second kappa shape index (κ2) is 6.54. The second-order valence-corrected chi connectivity index (χ2v) is 6.22. The molecule has 2 aliphatic heterocycles. The summed E-state index contributed by atoms with van der Waals surface area (Å²) in [7, 11) is 0. The van der Waals surface area contributed by atoms with Crippen LogP contribution in [0.25, 0.3) is 0 Å². The van der Waals surface area contributed by atoms with Gasteiger partial charge in [0.1, 0.15) is 18.0 Å². The number of hydrogen-bond donors (Lipinski definition) is 1. The van der Waals surface area contributed by atoms with Gasteiger partial charge in [-0.3, -0.25) is 0 Å². The molecule has 1 aromatic heterocycles. The number of fused-ring (bicyclic) bond motifs is 1. The van der Waals surface area contributed by atoms with Crippen molar-refractivity contribution in [3.8, 4) is 0 Å². The molecule has 120 valence electrons. The van der Waals surface area contributed by atoms with E-state index in [0.717, 1.165) is 57.1 Å². The van der Waals surface area contributed by atoms with Crippen LogP contribution in [0.2, 0.25) is 0 Å². The van der Waals surface area contributed by atoms with Gasteiger partial charge in [0, 0.05) is 32.3 Å². The molecule has 1 N–H and O–H groups in total. The summed E-state index contributed by atoms with van der Waals surface area (Å²) >= 11 is 0. The molecule has 2 aliphatic rings. The first-order chi connectivity index (χ1) is 11.4. The number of rotatable bonds is 4. The minimum atomic E-state index is 0.315. The molecule has 4 rings (SSSR count). The molecule has 1 saturated heterocycles. The van der Waals surface area contributed by atoms with Gasteiger partial charge in [0.15, 0.2) is 0 Å². The van der Waals surface area contributed by atoms with Crippen molar-refractivity contribution in [1.29, 1.82) is 0 Å². The molecular weight excluding hydrogens is 288 g/mol. The Morgan fingerprint density at radius 1 is 1.22 bits per heavy atom. The maximum absolute atomic E-state index is 5.64. The molecule has 1 atom stereocenters. The highest BCUT2D eigenvalue weighted by Gasteiger charge is 2.18.